The number of carboxylic acids is 1. The number of thioether (sulfide) groups is 1. The molecule has 1 amide bonds. The van der Waals surface area contributed by atoms with Gasteiger partial charge >= 0.3 is 11.9 Å². The number of amidine groups is 1. The molecule has 1 unspecified atom stereocenters. The predicted octanol–water partition coefficient (Wildman–Crippen LogP) is 3.65. The van der Waals surface area contributed by atoms with Crippen LogP contribution in [0.4, 0.5) is 10.1 Å². The molecule has 1 N–H and O–H groups in total. The van der Waals surface area contributed by atoms with Crippen molar-refractivity contribution in [3.63, 3.8) is 0 Å². The van der Waals surface area contributed by atoms with E-state index in [-0.39, 0.29) is 42.9 Å². The van der Waals surface area contributed by atoms with E-state index in [0.29, 0.717) is 16.8 Å². The van der Waals surface area contributed by atoms with Crippen molar-refractivity contribution in [3.05, 3.63) is 65.5 Å². The summed E-state index contributed by atoms with van der Waals surface area (Å²) < 4.78 is 18.9. The number of esters is 1. The van der Waals surface area contributed by atoms with Crippen LogP contribution >= 0.6 is 11.8 Å². The predicted molar refractivity (Wildman–Crippen MR) is 115 cm³/mol. The molecule has 0 spiro atoms. The number of ether oxygens (including phenoxy) is 1. The molecule has 0 aliphatic carbocycles. The second kappa shape index (κ2) is 10.2. The maximum Gasteiger partial charge on any atom is 0.338 e. The number of carboxylic acid groups (broad SMARTS) is 1. The molecular formula is C22H21FN2O5S. The zero-order valence-corrected chi connectivity index (χ0v) is 17.6. The summed E-state index contributed by atoms with van der Waals surface area (Å²) in [6.07, 6.45) is 0.0929. The smallest absolute Gasteiger partial charge is 0.338 e. The third-order valence-corrected chi connectivity index (χ3v) is 5.76. The van der Waals surface area contributed by atoms with Crippen LogP contribution in [-0.2, 0) is 20.7 Å². The monoisotopic (exact) mass is 444 g/mol. The molecule has 1 saturated heterocycles. The number of aliphatic imine (C=N–C) groups is 1. The topological polar surface area (TPSA) is 96.3 Å². The molecular weight excluding hydrogens is 423 g/mol. The number of halogens is 1. The summed E-state index contributed by atoms with van der Waals surface area (Å²) >= 11 is 0.974. The van der Waals surface area contributed by atoms with Crippen LogP contribution in [0.25, 0.3) is 0 Å². The second-order valence-corrected chi connectivity index (χ2v) is 7.87. The van der Waals surface area contributed by atoms with E-state index in [1.165, 1.54) is 11.0 Å². The number of hydrogen-bond donors (Lipinski definition) is 1. The molecule has 1 aliphatic rings. The molecule has 0 bridgehead atoms. The highest BCUT2D eigenvalue weighted by molar-refractivity contribution is 8.15. The van der Waals surface area contributed by atoms with Crippen LogP contribution in [0.5, 0.6) is 0 Å². The quantitative estimate of drug-likeness (QED) is 0.655. The van der Waals surface area contributed by atoms with Gasteiger partial charge in [-0.2, -0.15) is 0 Å². The van der Waals surface area contributed by atoms with E-state index in [0.717, 1.165) is 11.8 Å². The van der Waals surface area contributed by atoms with Gasteiger partial charge in [-0.05, 0) is 49.2 Å². The largest absolute Gasteiger partial charge is 0.480 e. The van der Waals surface area contributed by atoms with Crippen molar-refractivity contribution in [3.8, 4) is 0 Å². The van der Waals surface area contributed by atoms with Crippen molar-refractivity contribution < 1.29 is 28.6 Å². The van der Waals surface area contributed by atoms with Crippen molar-refractivity contribution in [2.75, 3.05) is 13.2 Å². The number of benzene rings is 2. The van der Waals surface area contributed by atoms with Gasteiger partial charge in [0.15, 0.2) is 5.17 Å². The molecule has 1 atom stereocenters. The SMILES string of the molecule is CCOC(=O)c1ccc(N=C2SC(C(=O)O)CC(=O)N2CCc2ccccc2F)cc1. The molecule has 162 valence electrons. The van der Waals surface area contributed by atoms with Crippen LogP contribution in [0.1, 0.15) is 29.3 Å². The van der Waals surface area contributed by atoms with Crippen molar-refractivity contribution in [1.29, 1.82) is 0 Å². The van der Waals surface area contributed by atoms with E-state index in [1.807, 2.05) is 0 Å². The molecule has 0 radical (unpaired) electrons. The molecule has 2 aromatic carbocycles. The first kappa shape index (κ1) is 22.5. The lowest BCUT2D eigenvalue weighted by atomic mass is 10.1. The number of amides is 1. The van der Waals surface area contributed by atoms with E-state index in [1.54, 1.807) is 49.4 Å². The minimum atomic E-state index is -1.10. The highest BCUT2D eigenvalue weighted by Gasteiger charge is 2.35. The molecule has 3 rings (SSSR count). The van der Waals surface area contributed by atoms with Gasteiger partial charge < -0.3 is 9.84 Å². The van der Waals surface area contributed by atoms with E-state index >= 15 is 0 Å². The van der Waals surface area contributed by atoms with E-state index in [4.69, 9.17) is 4.74 Å². The van der Waals surface area contributed by atoms with Crippen molar-refractivity contribution in [1.82, 2.24) is 4.90 Å². The van der Waals surface area contributed by atoms with Crippen molar-refractivity contribution >= 4 is 40.5 Å². The lowest BCUT2D eigenvalue weighted by Crippen LogP contribution is -2.45. The number of nitrogens with zero attached hydrogens (tertiary/aromatic N) is 2. The van der Waals surface area contributed by atoms with Gasteiger partial charge in [0.25, 0.3) is 0 Å². The molecule has 1 heterocycles. The number of aliphatic carboxylic acids is 1. The zero-order chi connectivity index (χ0) is 22.4. The Hall–Kier alpha value is -3.20. The number of rotatable bonds is 7. The third kappa shape index (κ3) is 5.69. The molecule has 0 saturated carbocycles. The first-order valence-corrected chi connectivity index (χ1v) is 10.6. The van der Waals surface area contributed by atoms with Gasteiger partial charge in [-0.15, -0.1) is 0 Å². The van der Waals surface area contributed by atoms with Gasteiger partial charge in [-0.25, -0.2) is 14.2 Å². The zero-order valence-electron chi connectivity index (χ0n) is 16.8. The molecule has 1 aliphatic heterocycles. The molecule has 31 heavy (non-hydrogen) atoms. The van der Waals surface area contributed by atoms with Gasteiger partial charge in [0.2, 0.25) is 5.91 Å². The summed E-state index contributed by atoms with van der Waals surface area (Å²) in [4.78, 5) is 41.7. The standard InChI is InChI=1S/C22H21FN2O5S/c1-2-30-21(29)15-7-9-16(10-8-15)24-22-25(19(26)13-18(31-22)20(27)28)12-11-14-5-3-4-6-17(14)23/h3-10,18H,2,11-13H2,1H3,(H,27,28). The van der Waals surface area contributed by atoms with E-state index in [2.05, 4.69) is 4.99 Å². The fourth-order valence-corrected chi connectivity index (χ4v) is 4.04. The Morgan fingerprint density at radius 1 is 1.23 bits per heavy atom. The van der Waals surface area contributed by atoms with Crippen LogP contribution in [0.3, 0.4) is 0 Å². The van der Waals surface area contributed by atoms with Crippen LogP contribution in [0, 0.1) is 5.82 Å². The summed E-state index contributed by atoms with van der Waals surface area (Å²) in [5.74, 6) is -2.31. The average molecular weight is 444 g/mol. The van der Waals surface area contributed by atoms with Crippen LogP contribution < -0.4 is 0 Å². The Balaban J connectivity index is 1.84. The van der Waals surface area contributed by atoms with Crippen molar-refractivity contribution in [2.24, 2.45) is 4.99 Å². The van der Waals surface area contributed by atoms with E-state index in [9.17, 15) is 23.9 Å². The lowest BCUT2D eigenvalue weighted by molar-refractivity contribution is -0.139. The maximum atomic E-state index is 14.0. The van der Waals surface area contributed by atoms with Gasteiger partial charge in [0.05, 0.1) is 24.3 Å². The number of hydrogen-bond acceptors (Lipinski definition) is 6. The molecule has 0 aromatic heterocycles. The molecule has 2 aromatic rings. The Morgan fingerprint density at radius 2 is 1.94 bits per heavy atom. The summed E-state index contributed by atoms with van der Waals surface area (Å²) in [6, 6.07) is 12.6. The average Bonchev–Trinajstić information content (AvgIpc) is 2.74. The Morgan fingerprint density at radius 3 is 2.58 bits per heavy atom. The Kier molecular flexibility index (Phi) is 7.41. The summed E-state index contributed by atoms with van der Waals surface area (Å²) in [7, 11) is 0. The normalized spacial score (nSPS) is 17.6. The van der Waals surface area contributed by atoms with E-state index < -0.39 is 17.2 Å². The third-order valence-electron chi connectivity index (χ3n) is 4.58. The molecule has 7 nitrogen and oxygen atoms in total. The number of carbonyl (C=O) groups excluding carboxylic acids is 2. The second-order valence-electron chi connectivity index (χ2n) is 6.70. The van der Waals surface area contributed by atoms with Gasteiger partial charge in [-0.3, -0.25) is 14.5 Å². The minimum Gasteiger partial charge on any atom is -0.480 e. The highest BCUT2D eigenvalue weighted by Crippen LogP contribution is 2.29. The van der Waals surface area contributed by atoms with Crippen LogP contribution in [0.15, 0.2) is 53.5 Å². The summed E-state index contributed by atoms with van der Waals surface area (Å²) in [5.41, 5.74) is 1.27. The molecule has 9 heteroatoms. The van der Waals surface area contributed by atoms with Gasteiger partial charge in [-0.1, -0.05) is 30.0 Å². The Labute approximate surface area is 182 Å². The van der Waals surface area contributed by atoms with Gasteiger partial charge in [0, 0.05) is 6.54 Å². The van der Waals surface area contributed by atoms with Gasteiger partial charge in [0.1, 0.15) is 11.1 Å². The fraction of sp³-hybridized carbons (Fsp3) is 0.273. The highest BCUT2D eigenvalue weighted by atomic mass is 32.2. The first-order valence-electron chi connectivity index (χ1n) is 9.68. The summed E-state index contributed by atoms with van der Waals surface area (Å²) in [6.45, 7) is 2.14. The Bertz CT molecular complexity index is 1010. The van der Waals surface area contributed by atoms with Crippen LogP contribution in [0.2, 0.25) is 0 Å². The maximum absolute atomic E-state index is 14.0. The summed E-state index contributed by atoms with van der Waals surface area (Å²) in [5, 5.41) is 8.65. The minimum absolute atomic E-state index is 0.166. The van der Waals surface area contributed by atoms with Crippen LogP contribution in [-0.4, -0.2) is 51.4 Å². The number of carbonyl (C=O) groups is 3. The first-order chi connectivity index (χ1) is 14.9. The lowest BCUT2D eigenvalue weighted by Gasteiger charge is -2.30. The fourth-order valence-electron chi connectivity index (χ4n) is 2.98. The van der Waals surface area contributed by atoms with Crippen molar-refractivity contribution in [2.45, 2.75) is 25.0 Å². The molecule has 1 fully saturated rings.